The highest BCUT2D eigenvalue weighted by molar-refractivity contribution is 5.88. The zero-order chi connectivity index (χ0) is 16.5. The third-order valence-corrected chi connectivity index (χ3v) is 5.35. The molecule has 1 aliphatic rings. The highest BCUT2D eigenvalue weighted by Crippen LogP contribution is 2.39. The average Bonchev–Trinajstić information content (AvgIpc) is 2.88. The zero-order valence-corrected chi connectivity index (χ0v) is 14.2. The molecule has 2 heteroatoms. The second kappa shape index (κ2) is 6.27. The fourth-order valence-electron chi connectivity index (χ4n) is 4.21. The molecule has 0 N–H and O–H groups in total. The third kappa shape index (κ3) is 2.66. The van der Waals surface area contributed by atoms with E-state index < -0.39 is 0 Å². The number of aromatic nitrogens is 1. The number of rotatable bonds is 3. The molecule has 1 unspecified atom stereocenters. The van der Waals surface area contributed by atoms with Crippen molar-refractivity contribution in [1.82, 2.24) is 4.57 Å². The summed E-state index contributed by atoms with van der Waals surface area (Å²) in [5, 5.41) is 1.32. The molecule has 1 fully saturated rings. The minimum absolute atomic E-state index is 0.383. The summed E-state index contributed by atoms with van der Waals surface area (Å²) in [6, 6.07) is 19.3. The summed E-state index contributed by atoms with van der Waals surface area (Å²) in [6.07, 6.45) is 3.63. The number of nitrogens with zero attached hydrogens (tertiary/aromatic N) is 1. The van der Waals surface area contributed by atoms with E-state index in [0.29, 0.717) is 18.1 Å². The van der Waals surface area contributed by atoms with Gasteiger partial charge in [0, 0.05) is 36.0 Å². The van der Waals surface area contributed by atoms with Crippen LogP contribution in [0.4, 0.5) is 0 Å². The minimum Gasteiger partial charge on any atom is -0.340 e. The summed E-state index contributed by atoms with van der Waals surface area (Å²) in [4.78, 5) is 12.0. The Morgan fingerprint density at radius 3 is 2.58 bits per heavy atom. The van der Waals surface area contributed by atoms with Gasteiger partial charge in [-0.15, -0.1) is 0 Å². The van der Waals surface area contributed by atoms with E-state index in [9.17, 15) is 4.79 Å². The Morgan fingerprint density at radius 1 is 1.04 bits per heavy atom. The Labute approximate surface area is 143 Å². The van der Waals surface area contributed by atoms with Crippen molar-refractivity contribution in [3.05, 3.63) is 71.4 Å². The SMILES string of the molecule is Cc1c(C2CCCC(=O)C2)c2ccccc2n1Cc1ccccc1. The lowest BCUT2D eigenvalue weighted by molar-refractivity contribution is -0.120. The summed E-state index contributed by atoms with van der Waals surface area (Å²) < 4.78 is 2.42. The van der Waals surface area contributed by atoms with Gasteiger partial charge in [-0.3, -0.25) is 4.79 Å². The average molecular weight is 317 g/mol. The quantitative estimate of drug-likeness (QED) is 0.648. The molecule has 2 aromatic carbocycles. The largest absolute Gasteiger partial charge is 0.340 e. The lowest BCUT2D eigenvalue weighted by atomic mass is 9.82. The van der Waals surface area contributed by atoms with Crippen molar-refractivity contribution < 1.29 is 4.79 Å². The molecule has 1 heterocycles. The van der Waals surface area contributed by atoms with Gasteiger partial charge < -0.3 is 4.57 Å². The molecule has 122 valence electrons. The number of benzene rings is 2. The van der Waals surface area contributed by atoms with Crippen LogP contribution in [0.3, 0.4) is 0 Å². The molecule has 1 aliphatic carbocycles. The van der Waals surface area contributed by atoms with E-state index in [4.69, 9.17) is 0 Å². The van der Waals surface area contributed by atoms with Crippen LogP contribution in [0.1, 0.15) is 48.4 Å². The smallest absolute Gasteiger partial charge is 0.133 e. The van der Waals surface area contributed by atoms with Crippen LogP contribution in [-0.4, -0.2) is 10.4 Å². The Bertz CT molecular complexity index is 876. The molecule has 3 aromatic rings. The zero-order valence-electron chi connectivity index (χ0n) is 14.2. The third-order valence-electron chi connectivity index (χ3n) is 5.35. The van der Waals surface area contributed by atoms with Crippen molar-refractivity contribution in [2.24, 2.45) is 0 Å². The van der Waals surface area contributed by atoms with E-state index in [-0.39, 0.29) is 0 Å². The predicted octanol–water partition coefficient (Wildman–Crippen LogP) is 5.22. The van der Waals surface area contributed by atoms with Crippen molar-refractivity contribution in [3.63, 3.8) is 0 Å². The maximum Gasteiger partial charge on any atom is 0.133 e. The predicted molar refractivity (Wildman–Crippen MR) is 98.4 cm³/mol. The van der Waals surface area contributed by atoms with Gasteiger partial charge in [0.2, 0.25) is 0 Å². The molecule has 1 atom stereocenters. The van der Waals surface area contributed by atoms with Crippen molar-refractivity contribution in [2.75, 3.05) is 0 Å². The molecule has 2 nitrogen and oxygen atoms in total. The van der Waals surface area contributed by atoms with E-state index in [0.717, 1.165) is 25.8 Å². The molecular formula is C22H23NO. The van der Waals surface area contributed by atoms with Gasteiger partial charge in [-0.25, -0.2) is 0 Å². The second-order valence-corrected chi connectivity index (χ2v) is 6.92. The summed E-state index contributed by atoms with van der Waals surface area (Å²) in [5.41, 5.74) is 5.31. The number of hydrogen-bond donors (Lipinski definition) is 0. The molecule has 0 saturated heterocycles. The lowest BCUT2D eigenvalue weighted by Crippen LogP contribution is -2.14. The number of ketones is 1. The molecule has 0 amide bonds. The maximum atomic E-state index is 12.0. The highest BCUT2D eigenvalue weighted by Gasteiger charge is 2.26. The van der Waals surface area contributed by atoms with E-state index in [1.165, 1.54) is 27.7 Å². The van der Waals surface area contributed by atoms with Gasteiger partial charge in [0.05, 0.1) is 0 Å². The number of fused-ring (bicyclic) bond motifs is 1. The van der Waals surface area contributed by atoms with Crippen LogP contribution >= 0.6 is 0 Å². The van der Waals surface area contributed by atoms with Gasteiger partial charge >= 0.3 is 0 Å². The first-order valence-electron chi connectivity index (χ1n) is 8.87. The first-order valence-corrected chi connectivity index (χ1v) is 8.87. The van der Waals surface area contributed by atoms with E-state index in [1.807, 2.05) is 0 Å². The number of para-hydroxylation sites is 1. The molecule has 24 heavy (non-hydrogen) atoms. The topological polar surface area (TPSA) is 22.0 Å². The van der Waals surface area contributed by atoms with Gasteiger partial charge in [-0.1, -0.05) is 48.5 Å². The van der Waals surface area contributed by atoms with Crippen LogP contribution < -0.4 is 0 Å². The van der Waals surface area contributed by atoms with Gasteiger partial charge in [-0.05, 0) is 42.9 Å². The van der Waals surface area contributed by atoms with Gasteiger partial charge in [0.1, 0.15) is 5.78 Å². The summed E-state index contributed by atoms with van der Waals surface area (Å²) in [7, 11) is 0. The van der Waals surface area contributed by atoms with E-state index >= 15 is 0 Å². The lowest BCUT2D eigenvalue weighted by Gasteiger charge is -2.22. The summed E-state index contributed by atoms with van der Waals surface area (Å²) in [6.45, 7) is 3.10. The summed E-state index contributed by atoms with van der Waals surface area (Å²) in [5.74, 6) is 0.804. The molecule has 0 radical (unpaired) electrons. The molecule has 0 spiro atoms. The highest BCUT2D eigenvalue weighted by atomic mass is 16.1. The molecule has 4 rings (SSSR count). The van der Waals surface area contributed by atoms with Crippen LogP contribution in [-0.2, 0) is 11.3 Å². The number of Topliss-reactive ketones (excluding diaryl/α,β-unsaturated/α-hetero) is 1. The summed E-state index contributed by atoms with van der Waals surface area (Å²) >= 11 is 0. The molecule has 1 aromatic heterocycles. The first-order chi connectivity index (χ1) is 11.7. The molecule has 1 saturated carbocycles. The van der Waals surface area contributed by atoms with Gasteiger partial charge in [0.25, 0.3) is 0 Å². The second-order valence-electron chi connectivity index (χ2n) is 6.92. The van der Waals surface area contributed by atoms with E-state index in [1.54, 1.807) is 0 Å². The molecule has 0 bridgehead atoms. The van der Waals surface area contributed by atoms with Crippen molar-refractivity contribution in [1.29, 1.82) is 0 Å². The van der Waals surface area contributed by atoms with Crippen LogP contribution in [0.2, 0.25) is 0 Å². The van der Waals surface area contributed by atoms with Crippen LogP contribution in [0.5, 0.6) is 0 Å². The Hall–Kier alpha value is -2.35. The van der Waals surface area contributed by atoms with Gasteiger partial charge in [-0.2, -0.15) is 0 Å². The molecule has 0 aliphatic heterocycles. The maximum absolute atomic E-state index is 12.0. The van der Waals surface area contributed by atoms with Crippen molar-refractivity contribution in [2.45, 2.75) is 45.1 Å². The number of hydrogen-bond acceptors (Lipinski definition) is 1. The van der Waals surface area contributed by atoms with Gasteiger partial charge in [0.15, 0.2) is 0 Å². The fourth-order valence-corrected chi connectivity index (χ4v) is 4.21. The fraction of sp³-hybridized carbons (Fsp3) is 0.318. The normalized spacial score (nSPS) is 18.2. The molecular weight excluding hydrogens is 294 g/mol. The monoisotopic (exact) mass is 317 g/mol. The van der Waals surface area contributed by atoms with Crippen LogP contribution in [0.15, 0.2) is 54.6 Å². The minimum atomic E-state index is 0.383. The van der Waals surface area contributed by atoms with Crippen molar-refractivity contribution >= 4 is 16.7 Å². The number of carbonyl (C=O) groups excluding carboxylic acids is 1. The van der Waals surface area contributed by atoms with Crippen LogP contribution in [0.25, 0.3) is 10.9 Å². The number of carbonyl (C=O) groups is 1. The first kappa shape index (κ1) is 15.2. The Morgan fingerprint density at radius 2 is 1.79 bits per heavy atom. The van der Waals surface area contributed by atoms with Crippen molar-refractivity contribution in [3.8, 4) is 0 Å². The standard InChI is InChI=1S/C22H23NO/c1-16-22(18-10-7-11-19(24)14-18)20-12-5-6-13-21(20)23(16)15-17-8-3-2-4-9-17/h2-6,8-9,12-13,18H,7,10-11,14-15H2,1H3. The van der Waals surface area contributed by atoms with Crippen LogP contribution in [0, 0.1) is 6.92 Å². The Balaban J connectivity index is 1.83. The Kier molecular flexibility index (Phi) is 3.97. The van der Waals surface area contributed by atoms with E-state index in [2.05, 4.69) is 66.1 Å².